The second-order valence-electron chi connectivity index (χ2n) is 10.4. The van der Waals surface area contributed by atoms with E-state index in [0.29, 0.717) is 24.2 Å². The van der Waals surface area contributed by atoms with Crippen LogP contribution in [0.15, 0.2) is 30.6 Å². The number of fused-ring (bicyclic) bond motifs is 4. The molecule has 3 aromatic rings. The lowest BCUT2D eigenvalue weighted by molar-refractivity contribution is 0.0876. The van der Waals surface area contributed by atoms with E-state index in [2.05, 4.69) is 54.9 Å². The maximum Gasteiger partial charge on any atom is 0.268 e. The van der Waals surface area contributed by atoms with Gasteiger partial charge in [0.1, 0.15) is 17.2 Å². The third kappa shape index (κ3) is 3.99. The summed E-state index contributed by atoms with van der Waals surface area (Å²) in [6.07, 6.45) is 10.6. The molecule has 3 aromatic heterocycles. The number of hydrogen-bond acceptors (Lipinski definition) is 7. The van der Waals surface area contributed by atoms with Gasteiger partial charge in [-0.3, -0.25) is 4.79 Å². The molecule has 0 radical (unpaired) electrons. The lowest BCUT2D eigenvalue weighted by Gasteiger charge is -2.38. The van der Waals surface area contributed by atoms with Crippen LogP contribution in [0.25, 0.3) is 11.0 Å². The minimum Gasteiger partial charge on any atom is -0.370 e. The Hall–Kier alpha value is -3.20. The molecule has 1 amide bonds. The Labute approximate surface area is 212 Å². The second kappa shape index (κ2) is 9.35. The van der Waals surface area contributed by atoms with Crippen molar-refractivity contribution in [2.45, 2.75) is 64.0 Å². The average Bonchev–Trinajstić information content (AvgIpc) is 3.54. The first-order valence-electron chi connectivity index (χ1n) is 13.5. The van der Waals surface area contributed by atoms with Crippen LogP contribution in [0.3, 0.4) is 0 Å². The van der Waals surface area contributed by atoms with Crippen LogP contribution in [-0.2, 0) is 5.54 Å². The molecule has 5 heterocycles. The highest BCUT2D eigenvalue weighted by atomic mass is 16.2. The van der Waals surface area contributed by atoms with Crippen molar-refractivity contribution in [2.75, 3.05) is 42.9 Å². The quantitative estimate of drug-likeness (QED) is 0.544. The molecule has 190 valence electrons. The predicted octanol–water partition coefficient (Wildman–Crippen LogP) is 3.89. The predicted molar refractivity (Wildman–Crippen MR) is 142 cm³/mol. The van der Waals surface area contributed by atoms with Gasteiger partial charge in [0.05, 0.1) is 17.4 Å². The molecule has 3 aliphatic rings. The van der Waals surface area contributed by atoms with E-state index in [1.54, 1.807) is 6.20 Å². The molecular formula is C27H36N8O. The summed E-state index contributed by atoms with van der Waals surface area (Å²) in [6, 6.07) is 6.73. The summed E-state index contributed by atoms with van der Waals surface area (Å²) >= 11 is 0. The summed E-state index contributed by atoms with van der Waals surface area (Å²) in [6.45, 7) is 9.54. The van der Waals surface area contributed by atoms with Crippen LogP contribution in [0.1, 0.15) is 62.9 Å². The van der Waals surface area contributed by atoms with Gasteiger partial charge in [-0.1, -0.05) is 26.7 Å². The Morgan fingerprint density at radius 1 is 1.11 bits per heavy atom. The van der Waals surface area contributed by atoms with Gasteiger partial charge in [-0.2, -0.15) is 4.98 Å². The number of pyridine rings is 1. The zero-order chi connectivity index (χ0) is 24.7. The lowest BCUT2D eigenvalue weighted by atomic mass is 9.94. The molecule has 1 spiro atoms. The van der Waals surface area contributed by atoms with E-state index in [9.17, 15) is 4.79 Å². The molecule has 2 aliphatic heterocycles. The van der Waals surface area contributed by atoms with Crippen molar-refractivity contribution >= 4 is 34.4 Å². The zero-order valence-corrected chi connectivity index (χ0v) is 21.3. The van der Waals surface area contributed by atoms with Gasteiger partial charge in [0.25, 0.3) is 5.91 Å². The molecule has 0 aromatic carbocycles. The first kappa shape index (κ1) is 23.2. The van der Waals surface area contributed by atoms with E-state index in [4.69, 9.17) is 4.98 Å². The number of nitrogens with one attached hydrogen (secondary N) is 2. The smallest absolute Gasteiger partial charge is 0.268 e. The van der Waals surface area contributed by atoms with Gasteiger partial charge in [0, 0.05) is 37.3 Å². The number of anilines is 3. The number of carbonyl (C=O) groups is 1. The summed E-state index contributed by atoms with van der Waals surface area (Å²) in [5.74, 6) is 1.19. The number of amides is 1. The monoisotopic (exact) mass is 488 g/mol. The molecule has 36 heavy (non-hydrogen) atoms. The van der Waals surface area contributed by atoms with E-state index < -0.39 is 0 Å². The minimum atomic E-state index is -0.0742. The van der Waals surface area contributed by atoms with Crippen LogP contribution in [0.4, 0.5) is 17.5 Å². The van der Waals surface area contributed by atoms with Crippen molar-refractivity contribution in [3.63, 3.8) is 0 Å². The van der Waals surface area contributed by atoms with E-state index in [-0.39, 0.29) is 11.4 Å². The number of piperidine rings is 1. The van der Waals surface area contributed by atoms with Crippen LogP contribution in [0, 0.1) is 0 Å². The van der Waals surface area contributed by atoms with E-state index in [0.717, 1.165) is 61.6 Å². The molecule has 1 saturated heterocycles. The van der Waals surface area contributed by atoms with E-state index >= 15 is 0 Å². The average molecular weight is 489 g/mol. The summed E-state index contributed by atoms with van der Waals surface area (Å²) in [5.41, 5.74) is 2.60. The molecule has 0 atom stereocenters. The van der Waals surface area contributed by atoms with Crippen molar-refractivity contribution < 1.29 is 4.79 Å². The van der Waals surface area contributed by atoms with Crippen molar-refractivity contribution in [1.29, 1.82) is 0 Å². The molecular weight excluding hydrogens is 452 g/mol. The van der Waals surface area contributed by atoms with Gasteiger partial charge in [0.2, 0.25) is 5.95 Å². The van der Waals surface area contributed by atoms with Gasteiger partial charge in [0.15, 0.2) is 0 Å². The largest absolute Gasteiger partial charge is 0.370 e. The van der Waals surface area contributed by atoms with Crippen LogP contribution in [-0.4, -0.2) is 69.1 Å². The van der Waals surface area contributed by atoms with Crippen LogP contribution < -0.4 is 15.5 Å². The van der Waals surface area contributed by atoms with Crippen molar-refractivity contribution in [3.8, 4) is 0 Å². The fourth-order valence-electron chi connectivity index (χ4n) is 6.54. The van der Waals surface area contributed by atoms with E-state index in [1.165, 1.54) is 25.7 Å². The van der Waals surface area contributed by atoms with Crippen LogP contribution in [0.2, 0.25) is 0 Å². The van der Waals surface area contributed by atoms with Crippen molar-refractivity contribution in [1.82, 2.24) is 29.7 Å². The maximum atomic E-state index is 12.6. The number of rotatable bonds is 6. The molecule has 1 saturated carbocycles. The highest BCUT2D eigenvalue weighted by molar-refractivity contribution is 5.99. The van der Waals surface area contributed by atoms with E-state index in [1.807, 2.05) is 18.3 Å². The summed E-state index contributed by atoms with van der Waals surface area (Å²) < 4.78 is 2.18. The Morgan fingerprint density at radius 3 is 2.58 bits per heavy atom. The minimum absolute atomic E-state index is 0.0292. The zero-order valence-electron chi connectivity index (χ0n) is 21.3. The molecule has 2 N–H and O–H groups in total. The third-order valence-electron chi connectivity index (χ3n) is 8.51. The highest BCUT2D eigenvalue weighted by Gasteiger charge is 2.42. The first-order chi connectivity index (χ1) is 17.6. The molecule has 2 fully saturated rings. The number of hydrogen-bond donors (Lipinski definition) is 2. The maximum absolute atomic E-state index is 12.6. The van der Waals surface area contributed by atoms with Gasteiger partial charge < -0.3 is 25.0 Å². The molecule has 9 nitrogen and oxygen atoms in total. The first-order valence-corrected chi connectivity index (χ1v) is 13.5. The van der Waals surface area contributed by atoms with Crippen molar-refractivity contribution in [2.24, 2.45) is 0 Å². The Bertz CT molecular complexity index is 1230. The topological polar surface area (TPSA) is 91.2 Å². The number of aromatic nitrogens is 4. The van der Waals surface area contributed by atoms with Crippen molar-refractivity contribution in [3.05, 3.63) is 36.3 Å². The molecule has 1 aliphatic carbocycles. The summed E-state index contributed by atoms with van der Waals surface area (Å²) in [5, 5.41) is 7.27. The van der Waals surface area contributed by atoms with Gasteiger partial charge in [-0.15, -0.1) is 0 Å². The summed E-state index contributed by atoms with van der Waals surface area (Å²) in [7, 11) is 0. The van der Waals surface area contributed by atoms with Gasteiger partial charge in [-0.05, 0) is 57.0 Å². The second-order valence-corrected chi connectivity index (χ2v) is 10.4. The van der Waals surface area contributed by atoms with Gasteiger partial charge in [-0.25, -0.2) is 9.97 Å². The van der Waals surface area contributed by atoms with Crippen LogP contribution in [0.5, 0.6) is 0 Å². The summed E-state index contributed by atoms with van der Waals surface area (Å²) in [4.78, 5) is 31.6. The Balaban J connectivity index is 1.19. The molecule has 9 heteroatoms. The Kier molecular flexibility index (Phi) is 6.03. The molecule has 0 unspecified atom stereocenters. The van der Waals surface area contributed by atoms with Crippen LogP contribution >= 0.6 is 0 Å². The number of carbonyl (C=O) groups excluding carboxylic acids is 1. The van der Waals surface area contributed by atoms with Gasteiger partial charge >= 0.3 is 0 Å². The Morgan fingerprint density at radius 2 is 1.89 bits per heavy atom. The fourth-order valence-corrected chi connectivity index (χ4v) is 6.54. The standard InChI is InChI=1S/C27H36N8O/c1-3-33(4-2)20-9-13-34(14-10-20)21-7-8-23(28-17-21)31-26-29-16-19-15-22-25(36)30-18-27(11-5-6-12-27)35(22)24(19)32-26/h7-8,15-17,20H,3-6,9-14,18H2,1-2H3,(H,30,36)(H,28,29,31,32). The number of nitrogens with zero attached hydrogens (tertiary/aromatic N) is 6. The SMILES string of the molecule is CCN(CC)C1CCN(c2ccc(Nc3ncc4cc5n(c4n3)C3(CCCC3)CNC5=O)nc2)CC1. The molecule has 6 rings (SSSR count). The lowest BCUT2D eigenvalue weighted by Crippen LogP contribution is -2.50. The molecule has 0 bridgehead atoms. The normalized spacial score (nSPS) is 19.8. The third-order valence-corrected chi connectivity index (χ3v) is 8.51. The highest BCUT2D eigenvalue weighted by Crippen LogP contribution is 2.41. The fraction of sp³-hybridized carbons (Fsp3) is 0.556.